The summed E-state index contributed by atoms with van der Waals surface area (Å²) in [5.41, 5.74) is 5.21. The van der Waals surface area contributed by atoms with Gasteiger partial charge in [-0.25, -0.2) is 0 Å². The van der Waals surface area contributed by atoms with Gasteiger partial charge in [-0.1, -0.05) is 44.9 Å². The number of nitrogens with two attached hydrogens (primary N) is 1. The molecule has 3 atom stereocenters. The van der Waals surface area contributed by atoms with Crippen molar-refractivity contribution in [3.8, 4) is 0 Å². The fourth-order valence-corrected chi connectivity index (χ4v) is 3.22. The van der Waals surface area contributed by atoms with Crippen molar-refractivity contribution in [3.05, 3.63) is 35.4 Å². The Balaban J connectivity index is 2.52. The summed E-state index contributed by atoms with van der Waals surface area (Å²) in [6.45, 7) is 4.04. The van der Waals surface area contributed by atoms with Crippen LogP contribution >= 0.6 is 0 Å². The monoisotopic (exact) mass is 271 g/mol. The molecule has 0 spiro atoms. The Morgan fingerprint density at radius 2 is 1.84 bits per heavy atom. The summed E-state index contributed by atoms with van der Waals surface area (Å²) in [6, 6.07) is 5.74. The maximum atomic E-state index is 13.1. The Hall–Kier alpha value is -1.03. The van der Waals surface area contributed by atoms with Gasteiger partial charge in [0.05, 0.1) is 5.56 Å². The van der Waals surface area contributed by atoms with Crippen LogP contribution in [0.5, 0.6) is 0 Å². The average molecular weight is 271 g/mol. The molecule has 3 unspecified atom stereocenters. The molecule has 0 saturated heterocycles. The van der Waals surface area contributed by atoms with E-state index in [4.69, 9.17) is 5.73 Å². The van der Waals surface area contributed by atoms with E-state index in [0.29, 0.717) is 12.3 Å². The number of hydrogen-bond acceptors (Lipinski definition) is 1. The summed E-state index contributed by atoms with van der Waals surface area (Å²) >= 11 is 0. The van der Waals surface area contributed by atoms with E-state index in [1.807, 2.05) is 6.92 Å². The van der Waals surface area contributed by atoms with Gasteiger partial charge in [0.25, 0.3) is 0 Å². The second-order valence-corrected chi connectivity index (χ2v) is 5.74. The molecule has 1 saturated carbocycles. The Bertz CT molecular complexity index is 455. The number of alkyl halides is 3. The first kappa shape index (κ1) is 14.4. The maximum Gasteiger partial charge on any atom is 0.416 e. The number of benzene rings is 1. The molecular weight excluding hydrogens is 251 g/mol. The predicted octanol–water partition coefficient (Wildman–Crippen LogP) is 4.32. The molecule has 2 N–H and O–H groups in total. The third kappa shape index (κ3) is 2.50. The SMILES string of the molecule is CC1CCCC(N)(c2ccccc2C(F)(F)F)C1C. The molecule has 1 aliphatic carbocycles. The fraction of sp³-hybridized carbons (Fsp3) is 0.600. The van der Waals surface area contributed by atoms with Crippen molar-refractivity contribution >= 4 is 0 Å². The molecule has 0 aromatic heterocycles. The van der Waals surface area contributed by atoms with E-state index >= 15 is 0 Å². The zero-order chi connectivity index (χ0) is 14.3. The molecular formula is C15H20F3N. The molecule has 106 valence electrons. The highest BCUT2D eigenvalue weighted by atomic mass is 19.4. The minimum atomic E-state index is -4.34. The first-order chi connectivity index (χ1) is 8.77. The van der Waals surface area contributed by atoms with Gasteiger partial charge in [-0.15, -0.1) is 0 Å². The molecule has 1 fully saturated rings. The van der Waals surface area contributed by atoms with E-state index < -0.39 is 17.3 Å². The van der Waals surface area contributed by atoms with Gasteiger partial charge in [0.1, 0.15) is 0 Å². The molecule has 0 bridgehead atoms. The van der Waals surface area contributed by atoms with Crippen LogP contribution in [0, 0.1) is 11.8 Å². The Kier molecular flexibility index (Phi) is 3.65. The zero-order valence-electron chi connectivity index (χ0n) is 11.3. The van der Waals surface area contributed by atoms with E-state index in [1.54, 1.807) is 6.07 Å². The third-order valence-corrected chi connectivity index (χ3v) is 4.65. The fourth-order valence-electron chi connectivity index (χ4n) is 3.22. The summed E-state index contributed by atoms with van der Waals surface area (Å²) < 4.78 is 39.4. The summed E-state index contributed by atoms with van der Waals surface area (Å²) in [7, 11) is 0. The average Bonchev–Trinajstić information content (AvgIpc) is 2.35. The summed E-state index contributed by atoms with van der Waals surface area (Å²) in [6.07, 6.45) is -1.81. The Morgan fingerprint density at radius 3 is 2.47 bits per heavy atom. The van der Waals surface area contributed by atoms with Crippen LogP contribution in [-0.4, -0.2) is 0 Å². The molecule has 1 aliphatic rings. The molecule has 19 heavy (non-hydrogen) atoms. The lowest BCUT2D eigenvalue weighted by Gasteiger charge is -2.44. The molecule has 2 rings (SSSR count). The highest BCUT2D eigenvalue weighted by molar-refractivity contribution is 5.36. The van der Waals surface area contributed by atoms with Crippen LogP contribution in [0.1, 0.15) is 44.2 Å². The van der Waals surface area contributed by atoms with Crippen LogP contribution in [-0.2, 0) is 11.7 Å². The van der Waals surface area contributed by atoms with E-state index in [1.165, 1.54) is 12.1 Å². The number of hydrogen-bond donors (Lipinski definition) is 1. The minimum Gasteiger partial charge on any atom is -0.321 e. The lowest BCUT2D eigenvalue weighted by Crippen LogP contribution is -2.49. The van der Waals surface area contributed by atoms with E-state index in [2.05, 4.69) is 6.92 Å². The first-order valence-corrected chi connectivity index (χ1v) is 6.72. The second-order valence-electron chi connectivity index (χ2n) is 5.74. The lowest BCUT2D eigenvalue weighted by atomic mass is 9.65. The van der Waals surface area contributed by atoms with Crippen LogP contribution in [0.15, 0.2) is 24.3 Å². The molecule has 0 radical (unpaired) electrons. The van der Waals surface area contributed by atoms with Crippen LogP contribution in [0.2, 0.25) is 0 Å². The standard InChI is InChI=1S/C15H20F3N/c1-10-6-5-9-14(19,11(10)2)12-7-3-4-8-13(12)15(16,17)18/h3-4,7-8,10-11H,5-6,9,19H2,1-2H3. The smallest absolute Gasteiger partial charge is 0.321 e. The highest BCUT2D eigenvalue weighted by Crippen LogP contribution is 2.46. The van der Waals surface area contributed by atoms with Gasteiger partial charge in [-0.3, -0.25) is 0 Å². The molecule has 0 aliphatic heterocycles. The van der Waals surface area contributed by atoms with Gasteiger partial charge in [-0.05, 0) is 29.9 Å². The first-order valence-electron chi connectivity index (χ1n) is 6.72. The topological polar surface area (TPSA) is 26.0 Å². The van der Waals surface area contributed by atoms with E-state index in [9.17, 15) is 13.2 Å². The van der Waals surface area contributed by atoms with Crippen molar-refractivity contribution in [3.63, 3.8) is 0 Å². The summed E-state index contributed by atoms with van der Waals surface area (Å²) in [5.74, 6) is 0.393. The normalized spacial score (nSPS) is 32.3. The van der Waals surface area contributed by atoms with E-state index in [0.717, 1.165) is 18.9 Å². The Morgan fingerprint density at radius 1 is 1.21 bits per heavy atom. The van der Waals surface area contributed by atoms with Crippen molar-refractivity contribution in [1.82, 2.24) is 0 Å². The second kappa shape index (κ2) is 4.82. The van der Waals surface area contributed by atoms with Crippen LogP contribution in [0.3, 0.4) is 0 Å². The van der Waals surface area contributed by atoms with Gasteiger partial charge < -0.3 is 5.73 Å². The largest absolute Gasteiger partial charge is 0.416 e. The van der Waals surface area contributed by atoms with Crippen LogP contribution in [0.25, 0.3) is 0 Å². The van der Waals surface area contributed by atoms with E-state index in [-0.39, 0.29) is 11.5 Å². The number of rotatable bonds is 1. The quantitative estimate of drug-likeness (QED) is 0.809. The van der Waals surface area contributed by atoms with Crippen molar-refractivity contribution in [2.75, 3.05) is 0 Å². The summed E-state index contributed by atoms with van der Waals surface area (Å²) in [5, 5.41) is 0. The summed E-state index contributed by atoms with van der Waals surface area (Å²) in [4.78, 5) is 0. The molecule has 1 nitrogen and oxygen atoms in total. The minimum absolute atomic E-state index is 0.0461. The third-order valence-electron chi connectivity index (χ3n) is 4.65. The Labute approximate surface area is 112 Å². The maximum absolute atomic E-state index is 13.1. The molecule has 0 heterocycles. The van der Waals surface area contributed by atoms with Gasteiger partial charge in [0.15, 0.2) is 0 Å². The highest BCUT2D eigenvalue weighted by Gasteiger charge is 2.45. The predicted molar refractivity (Wildman–Crippen MR) is 69.5 cm³/mol. The van der Waals surface area contributed by atoms with Crippen molar-refractivity contribution in [1.29, 1.82) is 0 Å². The zero-order valence-corrected chi connectivity index (χ0v) is 11.3. The van der Waals surface area contributed by atoms with Crippen molar-refractivity contribution < 1.29 is 13.2 Å². The molecule has 1 aromatic rings. The molecule has 4 heteroatoms. The van der Waals surface area contributed by atoms with Crippen molar-refractivity contribution in [2.24, 2.45) is 17.6 Å². The van der Waals surface area contributed by atoms with Crippen LogP contribution in [0.4, 0.5) is 13.2 Å². The molecule has 0 amide bonds. The van der Waals surface area contributed by atoms with Gasteiger partial charge in [0, 0.05) is 5.54 Å². The van der Waals surface area contributed by atoms with Crippen molar-refractivity contribution in [2.45, 2.75) is 44.8 Å². The molecule has 1 aromatic carbocycles. The number of halogens is 3. The van der Waals surface area contributed by atoms with Gasteiger partial charge >= 0.3 is 6.18 Å². The van der Waals surface area contributed by atoms with Crippen LogP contribution < -0.4 is 5.73 Å². The van der Waals surface area contributed by atoms with Gasteiger partial charge in [0.2, 0.25) is 0 Å². The lowest BCUT2D eigenvalue weighted by molar-refractivity contribution is -0.139. The van der Waals surface area contributed by atoms with Gasteiger partial charge in [-0.2, -0.15) is 13.2 Å².